The number of nitrogens with zero attached hydrogens (tertiary/aromatic N) is 2. The molecule has 7 nitrogen and oxygen atoms in total. The Labute approximate surface area is 214 Å². The van der Waals surface area contributed by atoms with Gasteiger partial charge >= 0.3 is 0 Å². The van der Waals surface area contributed by atoms with E-state index in [0.29, 0.717) is 16.6 Å². The van der Waals surface area contributed by atoms with E-state index in [-0.39, 0.29) is 17.3 Å². The van der Waals surface area contributed by atoms with Crippen molar-refractivity contribution >= 4 is 43.5 Å². The Balaban J connectivity index is 1.96. The molecule has 0 aromatic heterocycles. The van der Waals surface area contributed by atoms with Gasteiger partial charge in [-0.3, -0.25) is 13.9 Å². The van der Waals surface area contributed by atoms with Crippen molar-refractivity contribution in [2.24, 2.45) is 0 Å². The molecule has 2 amide bonds. The van der Waals surface area contributed by atoms with Crippen LogP contribution in [-0.2, 0) is 26.0 Å². The minimum absolute atomic E-state index is 0.0722. The minimum atomic E-state index is -4.05. The first-order valence-corrected chi connectivity index (χ1v) is 13.4. The van der Waals surface area contributed by atoms with Crippen molar-refractivity contribution in [2.45, 2.75) is 24.3 Å². The van der Waals surface area contributed by atoms with E-state index in [1.165, 1.54) is 24.1 Å². The number of benzene rings is 3. The van der Waals surface area contributed by atoms with Crippen LogP contribution in [0.3, 0.4) is 0 Å². The van der Waals surface area contributed by atoms with E-state index in [4.69, 9.17) is 0 Å². The predicted molar refractivity (Wildman–Crippen MR) is 141 cm³/mol. The van der Waals surface area contributed by atoms with Crippen LogP contribution in [-0.4, -0.2) is 51.3 Å². The van der Waals surface area contributed by atoms with Crippen LogP contribution in [0, 0.1) is 0 Å². The summed E-state index contributed by atoms with van der Waals surface area (Å²) in [5.41, 5.74) is 1.35. The fourth-order valence-corrected chi connectivity index (χ4v) is 5.47. The average Bonchev–Trinajstić information content (AvgIpc) is 2.87. The first-order chi connectivity index (χ1) is 16.7. The Hall–Kier alpha value is -3.17. The van der Waals surface area contributed by atoms with Gasteiger partial charge in [-0.2, -0.15) is 0 Å². The lowest BCUT2D eigenvalue weighted by Crippen LogP contribution is -2.51. The van der Waals surface area contributed by atoms with Crippen LogP contribution in [0.25, 0.3) is 0 Å². The van der Waals surface area contributed by atoms with Crippen LogP contribution >= 0.6 is 15.9 Å². The van der Waals surface area contributed by atoms with Gasteiger partial charge in [-0.15, -0.1) is 0 Å². The molecule has 0 fully saturated rings. The fourth-order valence-electron chi connectivity index (χ4n) is 3.66. The van der Waals surface area contributed by atoms with Crippen LogP contribution in [0.1, 0.15) is 12.5 Å². The Bertz CT molecular complexity index is 1250. The zero-order valence-electron chi connectivity index (χ0n) is 19.6. The maximum Gasteiger partial charge on any atom is 0.264 e. The second-order valence-corrected chi connectivity index (χ2v) is 10.7. The molecule has 3 aromatic rings. The summed E-state index contributed by atoms with van der Waals surface area (Å²) >= 11 is 3.38. The molecule has 0 radical (unpaired) electrons. The largest absolute Gasteiger partial charge is 0.357 e. The Morgan fingerprint density at radius 3 is 2.17 bits per heavy atom. The maximum absolute atomic E-state index is 13.6. The third-order valence-corrected chi connectivity index (χ3v) is 7.89. The number of rotatable bonds is 10. The molecule has 3 aromatic carbocycles. The Kier molecular flexibility index (Phi) is 9.06. The van der Waals surface area contributed by atoms with Gasteiger partial charge in [0.05, 0.1) is 10.6 Å². The van der Waals surface area contributed by atoms with Crippen molar-refractivity contribution in [2.75, 3.05) is 24.4 Å². The number of hydrogen-bond donors (Lipinski definition) is 1. The molecule has 1 unspecified atom stereocenters. The van der Waals surface area contributed by atoms with Crippen LogP contribution in [0.4, 0.5) is 5.69 Å². The first kappa shape index (κ1) is 26.4. The van der Waals surface area contributed by atoms with Crippen molar-refractivity contribution in [3.63, 3.8) is 0 Å². The molecule has 184 valence electrons. The van der Waals surface area contributed by atoms with Crippen molar-refractivity contribution in [1.82, 2.24) is 10.2 Å². The maximum atomic E-state index is 13.6. The molecule has 0 aliphatic heterocycles. The van der Waals surface area contributed by atoms with Gasteiger partial charge < -0.3 is 10.2 Å². The second-order valence-electron chi connectivity index (χ2n) is 7.92. The average molecular weight is 558 g/mol. The van der Waals surface area contributed by atoms with Crippen LogP contribution in [0.5, 0.6) is 0 Å². The standard InChI is InChI=1S/C26H28BrN3O4S/c1-20(26(32)28-2)29(17-16-21-10-5-3-6-11-21)25(31)19-30(23-13-9-12-22(27)18-23)35(33,34)24-14-7-4-8-15-24/h3-15,18,20H,16-17,19H2,1-2H3,(H,28,32). The summed E-state index contributed by atoms with van der Waals surface area (Å²) in [6.45, 7) is 1.44. The van der Waals surface area contributed by atoms with Gasteiger partial charge in [0.2, 0.25) is 11.8 Å². The molecule has 1 atom stereocenters. The van der Waals surface area contributed by atoms with E-state index in [1.54, 1.807) is 49.4 Å². The van der Waals surface area contributed by atoms with Gasteiger partial charge in [0.1, 0.15) is 12.6 Å². The number of carbonyl (C=O) groups excluding carboxylic acids is 2. The quantitative estimate of drug-likeness (QED) is 0.410. The smallest absolute Gasteiger partial charge is 0.264 e. The molecule has 0 saturated carbocycles. The highest BCUT2D eigenvalue weighted by atomic mass is 79.9. The lowest BCUT2D eigenvalue weighted by Gasteiger charge is -2.31. The van der Waals surface area contributed by atoms with Gasteiger partial charge in [-0.05, 0) is 49.2 Å². The summed E-state index contributed by atoms with van der Waals surface area (Å²) in [5.74, 6) is -0.803. The van der Waals surface area contributed by atoms with Gasteiger partial charge in [0.25, 0.3) is 10.0 Å². The van der Waals surface area contributed by atoms with Crippen molar-refractivity contribution < 1.29 is 18.0 Å². The number of anilines is 1. The van der Waals surface area contributed by atoms with E-state index < -0.39 is 28.5 Å². The molecule has 0 saturated heterocycles. The molecule has 0 heterocycles. The summed E-state index contributed by atoms with van der Waals surface area (Å²) < 4.78 is 29.0. The van der Waals surface area contributed by atoms with E-state index >= 15 is 0 Å². The van der Waals surface area contributed by atoms with E-state index in [2.05, 4.69) is 21.2 Å². The highest BCUT2D eigenvalue weighted by molar-refractivity contribution is 9.10. The van der Waals surface area contributed by atoms with Crippen molar-refractivity contribution in [1.29, 1.82) is 0 Å². The van der Waals surface area contributed by atoms with Crippen molar-refractivity contribution in [3.05, 3.63) is 95.0 Å². The SMILES string of the molecule is CNC(=O)C(C)N(CCc1ccccc1)C(=O)CN(c1cccc(Br)c1)S(=O)(=O)c1ccccc1. The van der Waals surface area contributed by atoms with Crippen LogP contribution in [0.2, 0.25) is 0 Å². The third-order valence-electron chi connectivity index (χ3n) is 5.60. The van der Waals surface area contributed by atoms with Crippen LogP contribution < -0.4 is 9.62 Å². The summed E-state index contributed by atoms with van der Waals surface area (Å²) in [4.78, 5) is 27.5. The molecular formula is C26H28BrN3O4S. The highest BCUT2D eigenvalue weighted by Crippen LogP contribution is 2.26. The fraction of sp³-hybridized carbons (Fsp3) is 0.231. The summed E-state index contributed by atoms with van der Waals surface area (Å²) in [6, 6.07) is 23.6. The lowest BCUT2D eigenvalue weighted by molar-refractivity contribution is -0.138. The second kappa shape index (κ2) is 12.0. The predicted octanol–water partition coefficient (Wildman–Crippen LogP) is 3.85. The molecule has 1 N–H and O–H groups in total. The normalized spacial score (nSPS) is 12.0. The third kappa shape index (κ3) is 6.70. The number of amides is 2. The molecule has 0 spiro atoms. The number of hydrogen-bond acceptors (Lipinski definition) is 4. The first-order valence-electron chi connectivity index (χ1n) is 11.1. The number of nitrogens with one attached hydrogen (secondary N) is 1. The summed E-state index contributed by atoms with van der Waals surface area (Å²) in [5, 5.41) is 2.58. The van der Waals surface area contributed by atoms with E-state index in [9.17, 15) is 18.0 Å². The Morgan fingerprint density at radius 1 is 0.943 bits per heavy atom. The zero-order valence-corrected chi connectivity index (χ0v) is 22.0. The summed E-state index contributed by atoms with van der Waals surface area (Å²) in [7, 11) is -2.55. The van der Waals surface area contributed by atoms with Crippen LogP contribution in [0.15, 0.2) is 94.3 Å². The molecule has 3 rings (SSSR count). The number of carbonyl (C=O) groups is 2. The van der Waals surface area contributed by atoms with Gasteiger partial charge in [0.15, 0.2) is 0 Å². The molecule has 0 aliphatic rings. The lowest BCUT2D eigenvalue weighted by atomic mass is 10.1. The topological polar surface area (TPSA) is 86.8 Å². The highest BCUT2D eigenvalue weighted by Gasteiger charge is 2.32. The van der Waals surface area contributed by atoms with Gasteiger partial charge in [-0.1, -0.05) is 70.5 Å². The molecule has 0 bridgehead atoms. The molecular weight excluding hydrogens is 530 g/mol. The molecule has 0 aliphatic carbocycles. The summed E-state index contributed by atoms with van der Waals surface area (Å²) in [6.07, 6.45) is 0.524. The van der Waals surface area contributed by atoms with E-state index in [0.717, 1.165) is 9.87 Å². The monoisotopic (exact) mass is 557 g/mol. The van der Waals surface area contributed by atoms with Crippen molar-refractivity contribution in [3.8, 4) is 0 Å². The number of likely N-dealkylation sites (N-methyl/N-ethyl adjacent to an activating group) is 1. The molecule has 35 heavy (non-hydrogen) atoms. The van der Waals surface area contributed by atoms with Gasteiger partial charge in [0, 0.05) is 18.1 Å². The van der Waals surface area contributed by atoms with E-state index in [1.807, 2.05) is 30.3 Å². The zero-order chi connectivity index (χ0) is 25.4. The molecule has 9 heteroatoms. The van der Waals surface area contributed by atoms with Gasteiger partial charge in [-0.25, -0.2) is 8.42 Å². The number of halogens is 1. The number of sulfonamides is 1. The minimum Gasteiger partial charge on any atom is -0.357 e. The Morgan fingerprint density at radius 2 is 1.57 bits per heavy atom.